The van der Waals surface area contributed by atoms with Crippen LogP contribution in [0.1, 0.15) is 5.56 Å². The summed E-state index contributed by atoms with van der Waals surface area (Å²) in [5.41, 5.74) is 0.688. The van der Waals surface area contributed by atoms with Crippen molar-refractivity contribution in [2.45, 2.75) is 0 Å². The second kappa shape index (κ2) is 5.81. The quantitative estimate of drug-likeness (QED) is 0.881. The largest absolute Gasteiger partial charge is 0.288 e. The number of anilines is 1. The number of benzene rings is 1. The van der Waals surface area contributed by atoms with Crippen LogP contribution in [-0.2, 0) is 11.8 Å². The number of tetrazole rings is 1. The number of aromatic nitrogens is 4. The Kier molecular flexibility index (Phi) is 4.13. The molecule has 1 heterocycles. The van der Waals surface area contributed by atoms with Gasteiger partial charge in [-0.2, -0.15) is 4.80 Å². The number of aryl methyl sites for hydroxylation is 1. The first-order valence-corrected chi connectivity index (χ1v) is 5.98. The lowest BCUT2D eigenvalue weighted by Crippen LogP contribution is -2.09. The molecule has 0 atom stereocenters. The maximum absolute atomic E-state index is 11.6. The summed E-state index contributed by atoms with van der Waals surface area (Å²) in [6.07, 6.45) is 2.90. The van der Waals surface area contributed by atoms with Crippen molar-refractivity contribution in [2.24, 2.45) is 7.05 Å². The highest BCUT2D eigenvalue weighted by atomic mass is 35.5. The highest BCUT2D eigenvalue weighted by Gasteiger charge is 2.03. The SMILES string of the molecule is Cn1nnc(NC(=O)/C=C/c2ccc(Cl)cc2Cl)n1. The fraction of sp³-hybridized carbons (Fsp3) is 0.0909. The molecule has 98 valence electrons. The van der Waals surface area contributed by atoms with Crippen LogP contribution in [0.3, 0.4) is 0 Å². The van der Waals surface area contributed by atoms with E-state index < -0.39 is 0 Å². The third kappa shape index (κ3) is 3.77. The molecule has 1 N–H and O–H groups in total. The Morgan fingerprint density at radius 1 is 1.42 bits per heavy atom. The monoisotopic (exact) mass is 297 g/mol. The first kappa shape index (κ1) is 13.5. The van der Waals surface area contributed by atoms with Crippen LogP contribution < -0.4 is 5.32 Å². The van der Waals surface area contributed by atoms with Crippen molar-refractivity contribution in [1.29, 1.82) is 0 Å². The van der Waals surface area contributed by atoms with E-state index in [0.29, 0.717) is 15.6 Å². The Bertz CT molecular complexity index is 638. The van der Waals surface area contributed by atoms with Gasteiger partial charge >= 0.3 is 0 Å². The van der Waals surface area contributed by atoms with Crippen LogP contribution in [0.15, 0.2) is 24.3 Å². The van der Waals surface area contributed by atoms with Gasteiger partial charge in [0.15, 0.2) is 0 Å². The van der Waals surface area contributed by atoms with Gasteiger partial charge in [-0.05, 0) is 29.0 Å². The van der Waals surface area contributed by atoms with Gasteiger partial charge in [0.25, 0.3) is 11.9 Å². The van der Waals surface area contributed by atoms with E-state index in [2.05, 4.69) is 20.7 Å². The maximum Gasteiger partial charge on any atom is 0.270 e. The fourth-order valence-electron chi connectivity index (χ4n) is 1.29. The molecule has 0 aliphatic rings. The van der Waals surface area contributed by atoms with Crippen molar-refractivity contribution >= 4 is 41.1 Å². The first-order valence-electron chi connectivity index (χ1n) is 5.23. The van der Waals surface area contributed by atoms with E-state index in [1.807, 2.05) is 0 Å². The van der Waals surface area contributed by atoms with Gasteiger partial charge in [0.1, 0.15) is 0 Å². The van der Waals surface area contributed by atoms with Crippen LogP contribution in [0.25, 0.3) is 6.08 Å². The summed E-state index contributed by atoms with van der Waals surface area (Å²) < 4.78 is 0. The molecule has 0 saturated carbocycles. The number of nitrogens with one attached hydrogen (secondary N) is 1. The molecule has 0 bridgehead atoms. The zero-order chi connectivity index (χ0) is 13.8. The van der Waals surface area contributed by atoms with E-state index in [0.717, 1.165) is 0 Å². The number of carbonyl (C=O) groups is 1. The van der Waals surface area contributed by atoms with E-state index in [1.165, 1.54) is 10.9 Å². The van der Waals surface area contributed by atoms with Crippen molar-refractivity contribution in [3.8, 4) is 0 Å². The molecule has 0 aliphatic heterocycles. The predicted octanol–water partition coefficient (Wildman–Crippen LogP) is 2.17. The van der Waals surface area contributed by atoms with Crippen LogP contribution in [0.5, 0.6) is 0 Å². The standard InChI is InChI=1S/C11H9Cl2N5O/c1-18-16-11(15-17-18)14-10(19)5-3-7-2-4-8(12)6-9(7)13/h2-6H,1H3,(H,14,16,19)/b5-3+. The fourth-order valence-corrected chi connectivity index (χ4v) is 1.76. The molecule has 0 fully saturated rings. The van der Waals surface area contributed by atoms with Crippen LogP contribution in [0, 0.1) is 0 Å². The molecule has 0 saturated heterocycles. The van der Waals surface area contributed by atoms with Gasteiger partial charge in [-0.25, -0.2) is 0 Å². The Hall–Kier alpha value is -1.92. The van der Waals surface area contributed by atoms with E-state index in [-0.39, 0.29) is 11.9 Å². The third-order valence-electron chi connectivity index (χ3n) is 2.12. The molecule has 0 radical (unpaired) electrons. The van der Waals surface area contributed by atoms with Gasteiger partial charge in [0.2, 0.25) is 0 Å². The zero-order valence-corrected chi connectivity index (χ0v) is 11.4. The van der Waals surface area contributed by atoms with Gasteiger partial charge in [0, 0.05) is 16.1 Å². The van der Waals surface area contributed by atoms with E-state index >= 15 is 0 Å². The lowest BCUT2D eigenvalue weighted by Gasteiger charge is -1.98. The summed E-state index contributed by atoms with van der Waals surface area (Å²) in [6.45, 7) is 0. The lowest BCUT2D eigenvalue weighted by molar-refractivity contribution is -0.111. The molecule has 19 heavy (non-hydrogen) atoms. The predicted molar refractivity (Wildman–Crippen MR) is 72.9 cm³/mol. The second-order valence-electron chi connectivity index (χ2n) is 3.59. The maximum atomic E-state index is 11.6. The number of carbonyl (C=O) groups excluding carboxylic acids is 1. The number of halogens is 2. The molecule has 8 heteroatoms. The molecule has 1 aromatic carbocycles. The van der Waals surface area contributed by atoms with Crippen molar-refractivity contribution < 1.29 is 4.79 Å². The van der Waals surface area contributed by atoms with Crippen LogP contribution in [0.2, 0.25) is 10.0 Å². The molecule has 6 nitrogen and oxygen atoms in total. The summed E-state index contributed by atoms with van der Waals surface area (Å²) in [7, 11) is 1.60. The summed E-state index contributed by atoms with van der Waals surface area (Å²) in [5, 5.41) is 14.5. The molecule has 2 aromatic rings. The molecule has 1 amide bonds. The van der Waals surface area contributed by atoms with Crippen LogP contribution in [-0.4, -0.2) is 26.1 Å². The number of amides is 1. The summed E-state index contributed by atoms with van der Waals surface area (Å²) in [6, 6.07) is 5.01. The van der Waals surface area contributed by atoms with Crippen LogP contribution >= 0.6 is 23.2 Å². The number of hydrogen-bond donors (Lipinski definition) is 1. The molecule has 1 aromatic heterocycles. The van der Waals surface area contributed by atoms with Gasteiger partial charge in [-0.1, -0.05) is 34.4 Å². The Labute approximate surface area is 119 Å². The molecule has 0 spiro atoms. The summed E-state index contributed by atoms with van der Waals surface area (Å²) in [4.78, 5) is 12.8. The van der Waals surface area contributed by atoms with Crippen molar-refractivity contribution in [2.75, 3.05) is 5.32 Å². The minimum absolute atomic E-state index is 0.138. The topological polar surface area (TPSA) is 72.7 Å². The van der Waals surface area contributed by atoms with Gasteiger partial charge in [0.05, 0.1) is 7.05 Å². The van der Waals surface area contributed by atoms with Crippen molar-refractivity contribution in [3.05, 3.63) is 39.9 Å². The van der Waals surface area contributed by atoms with E-state index in [9.17, 15) is 4.79 Å². The highest BCUT2D eigenvalue weighted by molar-refractivity contribution is 6.35. The van der Waals surface area contributed by atoms with Gasteiger partial charge < -0.3 is 0 Å². The van der Waals surface area contributed by atoms with Crippen LogP contribution in [0.4, 0.5) is 5.95 Å². The Balaban J connectivity index is 2.03. The zero-order valence-electron chi connectivity index (χ0n) is 9.84. The molecule has 2 rings (SSSR count). The Morgan fingerprint density at radius 3 is 2.84 bits per heavy atom. The third-order valence-corrected chi connectivity index (χ3v) is 2.68. The smallest absolute Gasteiger partial charge is 0.270 e. The molecular weight excluding hydrogens is 289 g/mol. The highest BCUT2D eigenvalue weighted by Crippen LogP contribution is 2.21. The van der Waals surface area contributed by atoms with Crippen molar-refractivity contribution in [3.63, 3.8) is 0 Å². The van der Waals surface area contributed by atoms with E-state index in [1.54, 1.807) is 31.3 Å². The molecule has 0 aliphatic carbocycles. The first-order chi connectivity index (χ1) is 9.04. The normalized spacial score (nSPS) is 10.9. The Morgan fingerprint density at radius 2 is 2.21 bits per heavy atom. The summed E-state index contributed by atoms with van der Waals surface area (Å²) >= 11 is 11.7. The van der Waals surface area contributed by atoms with Crippen molar-refractivity contribution in [1.82, 2.24) is 20.2 Å². The summed E-state index contributed by atoms with van der Waals surface area (Å²) in [5.74, 6) is -0.238. The van der Waals surface area contributed by atoms with E-state index in [4.69, 9.17) is 23.2 Å². The minimum atomic E-state index is -0.376. The average Bonchev–Trinajstić information content (AvgIpc) is 2.73. The number of rotatable bonds is 3. The minimum Gasteiger partial charge on any atom is -0.288 e. The van der Waals surface area contributed by atoms with Gasteiger partial charge in [-0.3, -0.25) is 10.1 Å². The second-order valence-corrected chi connectivity index (χ2v) is 4.43. The number of nitrogens with zero attached hydrogens (tertiary/aromatic N) is 4. The number of hydrogen-bond acceptors (Lipinski definition) is 4. The lowest BCUT2D eigenvalue weighted by atomic mass is 10.2. The molecule has 0 unspecified atom stereocenters. The molecular formula is C11H9Cl2N5O. The average molecular weight is 298 g/mol. The van der Waals surface area contributed by atoms with Gasteiger partial charge in [-0.15, -0.1) is 5.10 Å².